The Hall–Kier alpha value is -2.46. The molecule has 0 radical (unpaired) electrons. The molecule has 0 aliphatic rings. The predicted octanol–water partition coefficient (Wildman–Crippen LogP) is 5.24. The molecule has 0 spiro atoms. The van der Waals surface area contributed by atoms with Gasteiger partial charge in [0.1, 0.15) is 0 Å². The molecule has 24 heavy (non-hydrogen) atoms. The molecule has 3 aromatic rings. The highest BCUT2D eigenvalue weighted by Gasteiger charge is 2.09. The maximum Gasteiger partial charge on any atom is 0.255 e. The fourth-order valence-corrected chi connectivity index (χ4v) is 3.30. The lowest BCUT2D eigenvalue weighted by atomic mass is 10.1. The Kier molecular flexibility index (Phi) is 4.76. The van der Waals surface area contributed by atoms with Crippen molar-refractivity contribution in [1.82, 2.24) is 4.98 Å². The molecule has 3 rings (SSSR count). The summed E-state index contributed by atoms with van der Waals surface area (Å²) in [5.41, 5.74) is 5.75. The van der Waals surface area contributed by atoms with E-state index in [9.17, 15) is 4.79 Å². The summed E-state index contributed by atoms with van der Waals surface area (Å²) in [7, 11) is 0. The minimum atomic E-state index is -0.0963. The lowest BCUT2D eigenvalue weighted by Gasteiger charge is -2.09. The van der Waals surface area contributed by atoms with E-state index in [2.05, 4.69) is 28.7 Å². The van der Waals surface area contributed by atoms with E-state index in [0.717, 1.165) is 33.9 Å². The normalized spacial score (nSPS) is 10.6. The second-order valence-electron chi connectivity index (χ2n) is 5.83. The van der Waals surface area contributed by atoms with Gasteiger partial charge in [-0.15, -0.1) is 11.3 Å². The molecular weight excluding hydrogens is 316 g/mol. The minimum Gasteiger partial charge on any atom is -0.322 e. The maximum atomic E-state index is 12.4. The molecule has 4 heteroatoms. The first-order chi connectivity index (χ1) is 11.6. The van der Waals surface area contributed by atoms with Gasteiger partial charge in [0.25, 0.3) is 5.91 Å². The number of nitrogens with zero attached hydrogens (tertiary/aromatic N) is 1. The Labute approximate surface area is 146 Å². The van der Waals surface area contributed by atoms with E-state index in [-0.39, 0.29) is 5.91 Å². The van der Waals surface area contributed by atoms with E-state index in [1.807, 2.05) is 50.2 Å². The summed E-state index contributed by atoms with van der Waals surface area (Å²) in [4.78, 5) is 17.0. The average Bonchev–Trinajstić information content (AvgIpc) is 3.06. The molecule has 0 fully saturated rings. The SMILES string of the molecule is CCc1nc(-c2ccc(C(=O)Nc3ccc(C)cc3C)cc2)cs1. The molecule has 3 nitrogen and oxygen atoms in total. The van der Waals surface area contributed by atoms with Gasteiger partial charge in [0.2, 0.25) is 0 Å². The zero-order chi connectivity index (χ0) is 17.1. The van der Waals surface area contributed by atoms with Gasteiger partial charge in [0.15, 0.2) is 0 Å². The smallest absolute Gasteiger partial charge is 0.255 e. The van der Waals surface area contributed by atoms with Crippen LogP contribution in [0.5, 0.6) is 0 Å². The molecule has 0 atom stereocenters. The van der Waals surface area contributed by atoms with E-state index in [1.54, 1.807) is 11.3 Å². The van der Waals surface area contributed by atoms with Crippen molar-refractivity contribution in [1.29, 1.82) is 0 Å². The van der Waals surface area contributed by atoms with Crippen LogP contribution in [0, 0.1) is 13.8 Å². The van der Waals surface area contributed by atoms with Gasteiger partial charge >= 0.3 is 0 Å². The van der Waals surface area contributed by atoms with Crippen molar-refractivity contribution in [3.05, 3.63) is 69.5 Å². The first-order valence-electron chi connectivity index (χ1n) is 8.00. The van der Waals surface area contributed by atoms with Crippen LogP contribution in [0.4, 0.5) is 5.69 Å². The highest BCUT2D eigenvalue weighted by molar-refractivity contribution is 7.09. The number of aromatic nitrogens is 1. The van der Waals surface area contributed by atoms with Crippen molar-refractivity contribution in [2.75, 3.05) is 5.32 Å². The number of hydrogen-bond donors (Lipinski definition) is 1. The summed E-state index contributed by atoms with van der Waals surface area (Å²) in [5.74, 6) is -0.0963. The second kappa shape index (κ2) is 6.97. The van der Waals surface area contributed by atoms with Crippen molar-refractivity contribution < 1.29 is 4.79 Å². The van der Waals surface area contributed by atoms with Crippen LogP contribution in [0.15, 0.2) is 47.8 Å². The van der Waals surface area contributed by atoms with Crippen LogP contribution >= 0.6 is 11.3 Å². The standard InChI is InChI=1S/C20H20N2OS/c1-4-19-21-18(12-24-19)15-6-8-16(9-7-15)20(23)22-17-10-5-13(2)11-14(17)3/h5-12H,4H2,1-3H3,(H,22,23). The molecule has 122 valence electrons. The van der Waals surface area contributed by atoms with Crippen molar-refractivity contribution in [3.63, 3.8) is 0 Å². The van der Waals surface area contributed by atoms with Crippen LogP contribution in [0.1, 0.15) is 33.4 Å². The van der Waals surface area contributed by atoms with E-state index < -0.39 is 0 Å². The molecule has 0 saturated heterocycles. The first-order valence-corrected chi connectivity index (χ1v) is 8.88. The number of thiazole rings is 1. The highest BCUT2D eigenvalue weighted by atomic mass is 32.1. The molecule has 0 saturated carbocycles. The Morgan fingerprint density at radius 3 is 2.50 bits per heavy atom. The maximum absolute atomic E-state index is 12.4. The Morgan fingerprint density at radius 2 is 1.88 bits per heavy atom. The van der Waals surface area contributed by atoms with Gasteiger partial charge < -0.3 is 5.32 Å². The van der Waals surface area contributed by atoms with Gasteiger partial charge in [-0.2, -0.15) is 0 Å². The zero-order valence-electron chi connectivity index (χ0n) is 14.1. The number of aryl methyl sites for hydroxylation is 3. The summed E-state index contributed by atoms with van der Waals surface area (Å²) in [5, 5.41) is 6.16. The third-order valence-electron chi connectivity index (χ3n) is 3.93. The van der Waals surface area contributed by atoms with Crippen molar-refractivity contribution >= 4 is 22.9 Å². The number of rotatable bonds is 4. The number of benzene rings is 2. The van der Waals surface area contributed by atoms with Crippen LogP contribution in [0.2, 0.25) is 0 Å². The predicted molar refractivity (Wildman–Crippen MR) is 101 cm³/mol. The number of hydrogen-bond acceptors (Lipinski definition) is 3. The average molecular weight is 336 g/mol. The topological polar surface area (TPSA) is 42.0 Å². The van der Waals surface area contributed by atoms with Crippen LogP contribution in [0.25, 0.3) is 11.3 Å². The van der Waals surface area contributed by atoms with Gasteiger partial charge in [0.05, 0.1) is 10.7 Å². The summed E-state index contributed by atoms with van der Waals surface area (Å²) < 4.78 is 0. The van der Waals surface area contributed by atoms with Gasteiger partial charge in [-0.1, -0.05) is 36.8 Å². The fraction of sp³-hybridized carbons (Fsp3) is 0.200. The highest BCUT2D eigenvalue weighted by Crippen LogP contribution is 2.23. The van der Waals surface area contributed by atoms with E-state index in [4.69, 9.17) is 0 Å². The van der Waals surface area contributed by atoms with Crippen molar-refractivity contribution in [3.8, 4) is 11.3 Å². The number of amides is 1. The van der Waals surface area contributed by atoms with Crippen LogP contribution < -0.4 is 5.32 Å². The van der Waals surface area contributed by atoms with Gasteiger partial charge in [-0.05, 0) is 44.0 Å². The Balaban J connectivity index is 1.76. The fourth-order valence-electron chi connectivity index (χ4n) is 2.55. The minimum absolute atomic E-state index is 0.0963. The Bertz CT molecular complexity index is 866. The molecule has 0 bridgehead atoms. The summed E-state index contributed by atoms with van der Waals surface area (Å²) in [6.45, 7) is 6.14. The van der Waals surface area contributed by atoms with Crippen LogP contribution in [0.3, 0.4) is 0 Å². The van der Waals surface area contributed by atoms with Crippen molar-refractivity contribution in [2.45, 2.75) is 27.2 Å². The van der Waals surface area contributed by atoms with Gasteiger partial charge in [-0.3, -0.25) is 4.79 Å². The monoisotopic (exact) mass is 336 g/mol. The third kappa shape index (κ3) is 3.54. The molecular formula is C20H20N2OS. The van der Waals surface area contributed by atoms with Crippen molar-refractivity contribution in [2.24, 2.45) is 0 Å². The molecule has 1 aromatic heterocycles. The van der Waals surface area contributed by atoms with Crippen LogP contribution in [-0.4, -0.2) is 10.9 Å². The summed E-state index contributed by atoms with van der Waals surface area (Å²) in [6.07, 6.45) is 0.945. The lowest BCUT2D eigenvalue weighted by Crippen LogP contribution is -2.12. The van der Waals surface area contributed by atoms with E-state index in [1.165, 1.54) is 5.56 Å². The number of nitrogens with one attached hydrogen (secondary N) is 1. The molecule has 1 heterocycles. The lowest BCUT2D eigenvalue weighted by molar-refractivity contribution is 0.102. The molecule has 2 aromatic carbocycles. The van der Waals surface area contributed by atoms with Crippen LogP contribution in [-0.2, 0) is 6.42 Å². The number of anilines is 1. The van der Waals surface area contributed by atoms with Gasteiger partial charge in [-0.25, -0.2) is 4.98 Å². The molecule has 1 N–H and O–H groups in total. The number of carbonyl (C=O) groups is 1. The molecule has 0 aliphatic heterocycles. The second-order valence-corrected chi connectivity index (χ2v) is 6.77. The number of carbonyl (C=O) groups excluding carboxylic acids is 1. The largest absolute Gasteiger partial charge is 0.322 e. The zero-order valence-corrected chi connectivity index (χ0v) is 14.9. The van der Waals surface area contributed by atoms with Gasteiger partial charge in [0, 0.05) is 22.2 Å². The van der Waals surface area contributed by atoms with E-state index in [0.29, 0.717) is 5.56 Å². The third-order valence-corrected chi connectivity index (χ3v) is 4.92. The quantitative estimate of drug-likeness (QED) is 0.708. The molecule has 1 amide bonds. The summed E-state index contributed by atoms with van der Waals surface area (Å²) >= 11 is 1.67. The molecule has 0 unspecified atom stereocenters. The first kappa shape index (κ1) is 16.4. The summed E-state index contributed by atoms with van der Waals surface area (Å²) in [6, 6.07) is 13.6. The Morgan fingerprint density at radius 1 is 1.12 bits per heavy atom. The van der Waals surface area contributed by atoms with E-state index >= 15 is 0 Å². The molecule has 0 aliphatic carbocycles.